The number of aliphatic hydroxyl groups excluding tert-OH is 1. The quantitative estimate of drug-likeness (QED) is 0.533. The number of hydrogen-bond acceptors (Lipinski definition) is 5. The van der Waals surface area contributed by atoms with Gasteiger partial charge in [-0.25, -0.2) is 0 Å². The van der Waals surface area contributed by atoms with Crippen LogP contribution in [0.5, 0.6) is 0 Å². The van der Waals surface area contributed by atoms with Gasteiger partial charge >= 0.3 is 0 Å². The molecule has 0 bridgehead atoms. The number of hydrogen-bond donors (Lipinski definition) is 3. The summed E-state index contributed by atoms with van der Waals surface area (Å²) in [6, 6.07) is 14.9. The van der Waals surface area contributed by atoms with E-state index in [1.54, 1.807) is 36.6 Å². The summed E-state index contributed by atoms with van der Waals surface area (Å²) >= 11 is 0. The Hall–Kier alpha value is -3.29. The molecule has 32 heavy (non-hydrogen) atoms. The molecule has 3 atom stereocenters. The molecule has 3 unspecified atom stereocenters. The van der Waals surface area contributed by atoms with Gasteiger partial charge in [-0.05, 0) is 60.2 Å². The number of carbonyl (C=O) groups excluding carboxylic acids is 1. The monoisotopic (exact) mass is 432 g/mol. The largest absolute Gasteiger partial charge is 0.387 e. The number of amides is 1. The first-order valence-corrected chi connectivity index (χ1v) is 10.9. The van der Waals surface area contributed by atoms with Gasteiger partial charge in [0.15, 0.2) is 0 Å². The van der Waals surface area contributed by atoms with Crippen molar-refractivity contribution in [2.45, 2.75) is 44.0 Å². The highest BCUT2D eigenvalue weighted by Crippen LogP contribution is 2.26. The summed E-state index contributed by atoms with van der Waals surface area (Å²) in [6.07, 6.45) is 7.05. The van der Waals surface area contributed by atoms with Crippen LogP contribution in [0.25, 0.3) is 0 Å². The Morgan fingerprint density at radius 1 is 1.16 bits per heavy atom. The third kappa shape index (κ3) is 5.30. The molecule has 7 nitrogen and oxygen atoms in total. The van der Waals surface area contributed by atoms with Gasteiger partial charge in [-0.1, -0.05) is 18.2 Å². The van der Waals surface area contributed by atoms with Crippen LogP contribution in [0.4, 0.5) is 0 Å². The van der Waals surface area contributed by atoms with Gasteiger partial charge in [-0.15, -0.1) is 0 Å². The number of aromatic nitrogens is 2. The van der Waals surface area contributed by atoms with Gasteiger partial charge in [0, 0.05) is 55.9 Å². The highest BCUT2D eigenvalue weighted by atomic mass is 16.3. The lowest BCUT2D eigenvalue weighted by atomic mass is 10.0. The fraction of sp³-hybridized carbons (Fsp3) is 0.320. The number of H-pyrrole nitrogens is 1. The van der Waals surface area contributed by atoms with Crippen LogP contribution >= 0.6 is 0 Å². The minimum Gasteiger partial charge on any atom is -0.387 e. The second-order valence-electron chi connectivity index (χ2n) is 8.40. The molecule has 0 radical (unpaired) electrons. The zero-order valence-corrected chi connectivity index (χ0v) is 18.1. The van der Waals surface area contributed by atoms with Gasteiger partial charge in [0.2, 0.25) is 5.56 Å². The van der Waals surface area contributed by atoms with E-state index in [-0.39, 0.29) is 23.6 Å². The first-order valence-electron chi connectivity index (χ1n) is 10.9. The van der Waals surface area contributed by atoms with Gasteiger partial charge in [0.05, 0.1) is 6.10 Å². The third-order valence-corrected chi connectivity index (χ3v) is 5.98. The Morgan fingerprint density at radius 3 is 2.66 bits per heavy atom. The SMILES string of the molecule is CN(Cc1cccnc1)C(=O)c1ccc(CC2CCC(C(O)c3ccc(=O)[nH]c3)N2)cc1. The maximum Gasteiger partial charge on any atom is 0.253 e. The molecular weight excluding hydrogens is 404 g/mol. The van der Waals surface area contributed by atoms with Crippen molar-refractivity contribution in [2.24, 2.45) is 0 Å². The van der Waals surface area contributed by atoms with Crippen LogP contribution in [0.3, 0.4) is 0 Å². The predicted octanol–water partition coefficient (Wildman–Crippen LogP) is 2.44. The fourth-order valence-electron chi connectivity index (χ4n) is 4.22. The molecule has 7 heteroatoms. The van der Waals surface area contributed by atoms with E-state index in [4.69, 9.17) is 0 Å². The van der Waals surface area contributed by atoms with Crippen LogP contribution < -0.4 is 10.9 Å². The Labute approximate surface area is 187 Å². The molecule has 3 heterocycles. The second kappa shape index (κ2) is 9.89. The minimum absolute atomic E-state index is 0.0246. The molecule has 1 aromatic carbocycles. The Kier molecular flexibility index (Phi) is 6.78. The van der Waals surface area contributed by atoms with E-state index in [2.05, 4.69) is 15.3 Å². The number of nitrogens with one attached hydrogen (secondary N) is 2. The first kappa shape index (κ1) is 21.9. The molecule has 0 spiro atoms. The summed E-state index contributed by atoms with van der Waals surface area (Å²) in [5, 5.41) is 14.1. The highest BCUT2D eigenvalue weighted by molar-refractivity contribution is 5.94. The predicted molar refractivity (Wildman–Crippen MR) is 122 cm³/mol. The maximum absolute atomic E-state index is 12.7. The van der Waals surface area contributed by atoms with Crippen LogP contribution in [0.15, 0.2) is 71.9 Å². The maximum atomic E-state index is 12.7. The number of aliphatic hydroxyl groups is 1. The summed E-state index contributed by atoms with van der Waals surface area (Å²) in [6.45, 7) is 0.513. The van der Waals surface area contributed by atoms with Crippen LogP contribution in [0.2, 0.25) is 0 Å². The topological polar surface area (TPSA) is 98.3 Å². The van der Waals surface area contributed by atoms with Gasteiger partial charge < -0.3 is 20.3 Å². The summed E-state index contributed by atoms with van der Waals surface area (Å²) in [7, 11) is 1.79. The number of nitrogens with zero attached hydrogens (tertiary/aromatic N) is 2. The summed E-state index contributed by atoms with van der Waals surface area (Å²) in [5.74, 6) is -0.0246. The van der Waals surface area contributed by atoms with Gasteiger partial charge in [0.1, 0.15) is 0 Å². The average molecular weight is 433 g/mol. The van der Waals surface area contributed by atoms with Crippen LogP contribution in [0.1, 0.15) is 46.0 Å². The molecule has 3 aromatic rings. The standard InChI is InChI=1S/C25H28N4O3/c1-29(16-18-3-2-12-26-14-18)25(32)19-6-4-17(5-7-19)13-21-9-10-22(28-21)24(31)20-8-11-23(30)27-15-20/h2-8,11-12,14-15,21-22,24,28,31H,9-10,13,16H2,1H3,(H,27,30). The summed E-state index contributed by atoms with van der Waals surface area (Å²) in [4.78, 5) is 32.3. The fourth-order valence-corrected chi connectivity index (χ4v) is 4.22. The molecule has 0 saturated carbocycles. The number of aromatic amines is 1. The van der Waals surface area contributed by atoms with Gasteiger partial charge in [-0.2, -0.15) is 0 Å². The third-order valence-electron chi connectivity index (χ3n) is 5.98. The normalized spacial score (nSPS) is 18.9. The number of pyridine rings is 2. The van der Waals surface area contributed by atoms with Crippen LogP contribution in [-0.2, 0) is 13.0 Å². The molecule has 1 saturated heterocycles. The van der Waals surface area contributed by atoms with Crippen molar-refractivity contribution >= 4 is 5.91 Å². The van der Waals surface area contributed by atoms with E-state index < -0.39 is 6.10 Å². The van der Waals surface area contributed by atoms with Crippen LogP contribution in [0, 0.1) is 0 Å². The smallest absolute Gasteiger partial charge is 0.253 e. The van der Waals surface area contributed by atoms with E-state index in [9.17, 15) is 14.7 Å². The lowest BCUT2D eigenvalue weighted by Crippen LogP contribution is -2.35. The zero-order valence-electron chi connectivity index (χ0n) is 18.1. The van der Waals surface area contributed by atoms with Crippen LogP contribution in [-0.4, -0.2) is 45.0 Å². The van der Waals surface area contributed by atoms with E-state index in [0.717, 1.165) is 30.4 Å². The zero-order chi connectivity index (χ0) is 22.5. The summed E-state index contributed by atoms with van der Waals surface area (Å²) < 4.78 is 0. The van der Waals surface area contributed by atoms with Gasteiger partial charge in [-0.3, -0.25) is 14.6 Å². The van der Waals surface area contributed by atoms with Crippen molar-refractivity contribution in [3.05, 3.63) is 99.7 Å². The van der Waals surface area contributed by atoms with E-state index in [1.807, 2.05) is 36.4 Å². The number of carbonyl (C=O) groups is 1. The second-order valence-corrected chi connectivity index (χ2v) is 8.40. The number of rotatable bonds is 7. The molecule has 3 N–H and O–H groups in total. The number of benzene rings is 1. The molecule has 4 rings (SSSR count). The van der Waals surface area contributed by atoms with Crippen molar-refractivity contribution in [3.63, 3.8) is 0 Å². The van der Waals surface area contributed by atoms with Gasteiger partial charge in [0.25, 0.3) is 5.91 Å². The molecule has 1 amide bonds. The Morgan fingerprint density at radius 2 is 1.97 bits per heavy atom. The summed E-state index contributed by atoms with van der Waals surface area (Å²) in [5.41, 5.74) is 3.33. The first-order chi connectivity index (χ1) is 15.5. The van der Waals surface area contributed by atoms with Crippen molar-refractivity contribution in [1.82, 2.24) is 20.2 Å². The molecule has 166 valence electrons. The van der Waals surface area contributed by atoms with Crippen molar-refractivity contribution in [3.8, 4) is 0 Å². The Bertz CT molecular complexity index is 1080. The van der Waals surface area contributed by atoms with Crippen molar-refractivity contribution in [1.29, 1.82) is 0 Å². The lowest BCUT2D eigenvalue weighted by Gasteiger charge is -2.20. The Balaban J connectivity index is 1.31. The molecule has 1 aliphatic rings. The lowest BCUT2D eigenvalue weighted by molar-refractivity contribution is 0.0785. The molecule has 0 aliphatic carbocycles. The molecule has 1 fully saturated rings. The minimum atomic E-state index is -0.660. The average Bonchev–Trinajstić information content (AvgIpc) is 3.28. The van der Waals surface area contributed by atoms with E-state index in [1.165, 1.54) is 6.07 Å². The highest BCUT2D eigenvalue weighted by Gasteiger charge is 2.30. The molecule has 2 aromatic heterocycles. The van der Waals surface area contributed by atoms with Crippen molar-refractivity contribution in [2.75, 3.05) is 7.05 Å². The molecule has 1 aliphatic heterocycles. The molecular formula is C25H28N4O3. The van der Waals surface area contributed by atoms with E-state index >= 15 is 0 Å². The van der Waals surface area contributed by atoms with Crippen molar-refractivity contribution < 1.29 is 9.90 Å². The van der Waals surface area contributed by atoms with E-state index in [0.29, 0.717) is 17.7 Å².